The summed E-state index contributed by atoms with van der Waals surface area (Å²) >= 11 is 5.55. The van der Waals surface area contributed by atoms with Crippen LogP contribution in [0, 0.1) is 0 Å². The molecule has 2 aromatic carbocycles. The molecule has 2 aromatic rings. The molecule has 1 unspecified atom stereocenters. The average molecular weight is 350 g/mol. The molecule has 20 heavy (non-hydrogen) atoms. The zero-order chi connectivity index (χ0) is 14.2. The normalized spacial score (nSPS) is 12.3. The molecule has 0 aliphatic rings. The second-order valence-electron chi connectivity index (χ2n) is 4.67. The Morgan fingerprint density at radius 1 is 1.05 bits per heavy atom. The molecule has 106 valence electrons. The highest BCUT2D eigenvalue weighted by atomic mass is 79.9. The number of benzene rings is 2. The maximum Gasteiger partial charge on any atom is 0.0207 e. The van der Waals surface area contributed by atoms with Gasteiger partial charge in [-0.05, 0) is 36.7 Å². The van der Waals surface area contributed by atoms with Gasteiger partial charge in [-0.25, -0.2) is 0 Å². The molecule has 0 aliphatic heterocycles. The fraction of sp³-hybridized carbons (Fsp3) is 0.294. The van der Waals surface area contributed by atoms with E-state index in [2.05, 4.69) is 82.8 Å². The van der Waals surface area contributed by atoms with Crippen LogP contribution in [0.5, 0.6) is 0 Å². The number of hydrogen-bond donors (Lipinski definition) is 1. The van der Waals surface area contributed by atoms with Gasteiger partial charge in [0.1, 0.15) is 0 Å². The molecule has 0 aliphatic carbocycles. The van der Waals surface area contributed by atoms with Crippen molar-refractivity contribution in [3.63, 3.8) is 0 Å². The van der Waals surface area contributed by atoms with Crippen LogP contribution in [0.3, 0.4) is 0 Å². The van der Waals surface area contributed by atoms with E-state index in [0.29, 0.717) is 6.04 Å². The van der Waals surface area contributed by atoms with E-state index in [0.717, 1.165) is 18.7 Å². The third-order valence-electron chi connectivity index (χ3n) is 3.11. The van der Waals surface area contributed by atoms with Gasteiger partial charge in [0, 0.05) is 21.2 Å². The van der Waals surface area contributed by atoms with E-state index in [-0.39, 0.29) is 0 Å². The van der Waals surface area contributed by atoms with E-state index in [1.165, 1.54) is 14.9 Å². The summed E-state index contributed by atoms with van der Waals surface area (Å²) in [6, 6.07) is 19.6. The lowest BCUT2D eigenvalue weighted by atomic mass is 10.1. The first-order valence-corrected chi connectivity index (χ1v) is 8.72. The lowest BCUT2D eigenvalue weighted by molar-refractivity contribution is 0.572. The lowest BCUT2D eigenvalue weighted by Gasteiger charge is -2.18. The van der Waals surface area contributed by atoms with Crippen molar-refractivity contribution in [1.82, 2.24) is 5.32 Å². The molecular formula is C17H20BrNS. The van der Waals surface area contributed by atoms with E-state index >= 15 is 0 Å². The molecule has 1 atom stereocenters. The first-order valence-electron chi connectivity index (χ1n) is 6.94. The molecule has 0 saturated heterocycles. The van der Waals surface area contributed by atoms with Crippen LogP contribution in [0.1, 0.15) is 12.5 Å². The van der Waals surface area contributed by atoms with Gasteiger partial charge in [0.25, 0.3) is 0 Å². The topological polar surface area (TPSA) is 12.0 Å². The maximum atomic E-state index is 3.64. The Labute approximate surface area is 134 Å². The SMILES string of the molecule is CCNC(CSc1ccccc1)Cc1ccccc1Br. The Bertz CT molecular complexity index is 515. The summed E-state index contributed by atoms with van der Waals surface area (Å²) in [6.07, 6.45) is 1.05. The third-order valence-corrected chi connectivity index (χ3v) is 5.06. The fourth-order valence-electron chi connectivity index (χ4n) is 2.12. The predicted molar refractivity (Wildman–Crippen MR) is 92.5 cm³/mol. The molecule has 0 spiro atoms. The minimum absolute atomic E-state index is 0.490. The number of likely N-dealkylation sites (N-methyl/N-ethyl adjacent to an activating group) is 1. The Kier molecular flexibility index (Phi) is 6.64. The zero-order valence-corrected chi connectivity index (χ0v) is 14.1. The van der Waals surface area contributed by atoms with Crippen LogP contribution in [-0.4, -0.2) is 18.3 Å². The molecule has 0 amide bonds. The van der Waals surface area contributed by atoms with Crippen molar-refractivity contribution >= 4 is 27.7 Å². The summed E-state index contributed by atoms with van der Waals surface area (Å²) in [4.78, 5) is 1.34. The molecule has 1 nitrogen and oxygen atoms in total. The Morgan fingerprint density at radius 2 is 1.75 bits per heavy atom. The van der Waals surface area contributed by atoms with Crippen molar-refractivity contribution in [2.24, 2.45) is 0 Å². The van der Waals surface area contributed by atoms with E-state index < -0.39 is 0 Å². The second-order valence-corrected chi connectivity index (χ2v) is 6.62. The zero-order valence-electron chi connectivity index (χ0n) is 11.7. The van der Waals surface area contributed by atoms with Crippen LogP contribution in [0.2, 0.25) is 0 Å². The van der Waals surface area contributed by atoms with Crippen molar-refractivity contribution in [3.8, 4) is 0 Å². The standard InChI is InChI=1S/C17H20BrNS/c1-2-19-15(12-14-8-6-7-11-17(14)18)13-20-16-9-4-3-5-10-16/h3-11,15,19H,2,12-13H2,1H3. The number of nitrogens with one attached hydrogen (secondary N) is 1. The van der Waals surface area contributed by atoms with Crippen molar-refractivity contribution in [3.05, 3.63) is 64.6 Å². The summed E-state index contributed by atoms with van der Waals surface area (Å²) in [5, 5.41) is 3.59. The molecular weight excluding hydrogens is 330 g/mol. The number of halogens is 1. The van der Waals surface area contributed by atoms with Gasteiger partial charge in [-0.3, -0.25) is 0 Å². The number of hydrogen-bond acceptors (Lipinski definition) is 2. The fourth-order valence-corrected chi connectivity index (χ4v) is 3.55. The van der Waals surface area contributed by atoms with E-state index in [1.807, 2.05) is 11.8 Å². The van der Waals surface area contributed by atoms with Gasteiger partial charge >= 0.3 is 0 Å². The van der Waals surface area contributed by atoms with E-state index in [1.54, 1.807) is 0 Å². The summed E-state index contributed by atoms with van der Waals surface area (Å²) in [7, 11) is 0. The van der Waals surface area contributed by atoms with Crippen molar-refractivity contribution in [2.45, 2.75) is 24.3 Å². The highest BCUT2D eigenvalue weighted by molar-refractivity contribution is 9.10. The maximum absolute atomic E-state index is 3.64. The van der Waals surface area contributed by atoms with Crippen molar-refractivity contribution in [1.29, 1.82) is 0 Å². The first kappa shape index (κ1) is 15.6. The molecule has 0 aromatic heterocycles. The Morgan fingerprint density at radius 3 is 2.45 bits per heavy atom. The highest BCUT2D eigenvalue weighted by Crippen LogP contribution is 2.22. The number of thioether (sulfide) groups is 1. The molecule has 0 bridgehead atoms. The van der Waals surface area contributed by atoms with Crippen LogP contribution in [0.25, 0.3) is 0 Å². The lowest BCUT2D eigenvalue weighted by Crippen LogP contribution is -2.33. The Balaban J connectivity index is 1.95. The monoisotopic (exact) mass is 349 g/mol. The van der Waals surface area contributed by atoms with Gasteiger partial charge in [0.2, 0.25) is 0 Å². The molecule has 0 heterocycles. The Hall–Kier alpha value is -0.770. The van der Waals surface area contributed by atoms with Crippen LogP contribution < -0.4 is 5.32 Å². The molecule has 0 fully saturated rings. The quantitative estimate of drug-likeness (QED) is 0.723. The highest BCUT2D eigenvalue weighted by Gasteiger charge is 2.10. The van der Waals surface area contributed by atoms with Crippen molar-refractivity contribution < 1.29 is 0 Å². The van der Waals surface area contributed by atoms with Crippen molar-refractivity contribution in [2.75, 3.05) is 12.3 Å². The minimum atomic E-state index is 0.490. The minimum Gasteiger partial charge on any atom is -0.313 e. The third kappa shape index (κ3) is 4.97. The molecule has 0 saturated carbocycles. The van der Waals surface area contributed by atoms with E-state index in [4.69, 9.17) is 0 Å². The first-order chi connectivity index (χ1) is 9.79. The van der Waals surface area contributed by atoms with Crippen LogP contribution in [0.4, 0.5) is 0 Å². The van der Waals surface area contributed by atoms with Gasteiger partial charge < -0.3 is 5.32 Å². The average Bonchev–Trinajstić information content (AvgIpc) is 2.48. The van der Waals surface area contributed by atoms with Gasteiger partial charge in [-0.1, -0.05) is 59.3 Å². The summed E-state index contributed by atoms with van der Waals surface area (Å²) in [6.45, 7) is 3.17. The van der Waals surface area contributed by atoms with Gasteiger partial charge in [-0.15, -0.1) is 11.8 Å². The van der Waals surface area contributed by atoms with Crippen LogP contribution in [-0.2, 0) is 6.42 Å². The molecule has 1 N–H and O–H groups in total. The van der Waals surface area contributed by atoms with Gasteiger partial charge in [-0.2, -0.15) is 0 Å². The summed E-state index contributed by atoms with van der Waals surface area (Å²) in [5.74, 6) is 1.08. The van der Waals surface area contributed by atoms with E-state index in [9.17, 15) is 0 Å². The predicted octanol–water partition coefficient (Wildman–Crippen LogP) is 4.76. The van der Waals surface area contributed by atoms with Gasteiger partial charge in [0.15, 0.2) is 0 Å². The largest absolute Gasteiger partial charge is 0.313 e. The summed E-state index contributed by atoms with van der Waals surface area (Å²) < 4.78 is 1.20. The van der Waals surface area contributed by atoms with Crippen LogP contribution >= 0.6 is 27.7 Å². The smallest absolute Gasteiger partial charge is 0.0207 e. The summed E-state index contributed by atoms with van der Waals surface area (Å²) in [5.41, 5.74) is 1.37. The molecule has 3 heteroatoms. The molecule has 0 radical (unpaired) electrons. The number of rotatable bonds is 7. The van der Waals surface area contributed by atoms with Gasteiger partial charge in [0.05, 0.1) is 0 Å². The van der Waals surface area contributed by atoms with Crippen LogP contribution in [0.15, 0.2) is 64.0 Å². The second kappa shape index (κ2) is 8.50. The molecule has 2 rings (SSSR count).